The molecule has 3 rings (SSSR count). The van der Waals surface area contributed by atoms with E-state index >= 15 is 0 Å². The molecule has 0 saturated heterocycles. The van der Waals surface area contributed by atoms with Crippen LogP contribution in [0.3, 0.4) is 0 Å². The first-order valence-corrected chi connectivity index (χ1v) is 11.1. The molecule has 0 aliphatic carbocycles. The van der Waals surface area contributed by atoms with E-state index in [1.165, 1.54) is 12.1 Å². The van der Waals surface area contributed by atoms with Gasteiger partial charge in [-0.05, 0) is 62.1 Å². The lowest BCUT2D eigenvalue weighted by molar-refractivity contribution is -0.141. The highest BCUT2D eigenvalue weighted by Crippen LogP contribution is 2.31. The second kappa shape index (κ2) is 11.0. The van der Waals surface area contributed by atoms with Gasteiger partial charge in [-0.3, -0.25) is 9.59 Å². The van der Waals surface area contributed by atoms with Gasteiger partial charge in [0, 0.05) is 19.0 Å². The Kier molecular flexibility index (Phi) is 8.09. The molecule has 0 aromatic heterocycles. The van der Waals surface area contributed by atoms with Gasteiger partial charge in [0.1, 0.15) is 25.1 Å². The smallest absolute Gasteiger partial charge is 0.243 e. The molecule has 32 heavy (non-hydrogen) atoms. The number of ether oxygens (including phenoxy) is 2. The normalized spacial score (nSPS) is 13.5. The molecule has 1 atom stereocenters. The van der Waals surface area contributed by atoms with Crippen LogP contribution in [0.4, 0.5) is 4.39 Å². The SMILES string of the molecule is CC[C@H](C(=O)NC(C)C)N(Cc1ccc(F)cc1)C(=O)CCc1ccc2c(c1)OCCO2. The number of rotatable bonds is 9. The van der Waals surface area contributed by atoms with E-state index in [1.807, 2.05) is 39.0 Å². The van der Waals surface area contributed by atoms with Gasteiger partial charge in [-0.2, -0.15) is 0 Å². The Labute approximate surface area is 188 Å². The Balaban J connectivity index is 1.75. The van der Waals surface area contributed by atoms with Crippen LogP contribution in [0.5, 0.6) is 11.5 Å². The Hall–Kier alpha value is -3.09. The minimum Gasteiger partial charge on any atom is -0.486 e. The zero-order chi connectivity index (χ0) is 23.1. The fourth-order valence-electron chi connectivity index (χ4n) is 3.72. The van der Waals surface area contributed by atoms with Crippen molar-refractivity contribution in [2.24, 2.45) is 0 Å². The summed E-state index contributed by atoms with van der Waals surface area (Å²) in [4.78, 5) is 27.7. The van der Waals surface area contributed by atoms with Gasteiger partial charge in [0.05, 0.1) is 0 Å². The average Bonchev–Trinajstić information content (AvgIpc) is 2.78. The summed E-state index contributed by atoms with van der Waals surface area (Å²) in [6.45, 7) is 6.93. The number of nitrogens with zero attached hydrogens (tertiary/aromatic N) is 1. The van der Waals surface area contributed by atoms with Gasteiger partial charge in [0.15, 0.2) is 11.5 Å². The monoisotopic (exact) mass is 442 g/mol. The van der Waals surface area contributed by atoms with Crippen LogP contribution in [0.2, 0.25) is 0 Å². The van der Waals surface area contributed by atoms with Gasteiger partial charge in [0.25, 0.3) is 0 Å². The topological polar surface area (TPSA) is 67.9 Å². The maximum atomic E-state index is 13.3. The summed E-state index contributed by atoms with van der Waals surface area (Å²) in [5.41, 5.74) is 1.74. The van der Waals surface area contributed by atoms with Crippen molar-refractivity contribution < 1.29 is 23.5 Å². The Morgan fingerprint density at radius 1 is 1.03 bits per heavy atom. The minimum atomic E-state index is -0.602. The van der Waals surface area contributed by atoms with Gasteiger partial charge in [0.2, 0.25) is 11.8 Å². The number of amides is 2. The van der Waals surface area contributed by atoms with Crippen LogP contribution in [0.15, 0.2) is 42.5 Å². The molecular formula is C25H31FN2O4. The predicted octanol–water partition coefficient (Wildman–Crippen LogP) is 3.86. The van der Waals surface area contributed by atoms with Crippen LogP contribution in [0.1, 0.15) is 44.7 Å². The van der Waals surface area contributed by atoms with Crippen molar-refractivity contribution in [3.63, 3.8) is 0 Å². The van der Waals surface area contributed by atoms with Crippen molar-refractivity contribution in [2.75, 3.05) is 13.2 Å². The number of hydrogen-bond acceptors (Lipinski definition) is 4. The van der Waals surface area contributed by atoms with Crippen LogP contribution in [-0.2, 0) is 22.6 Å². The molecule has 0 unspecified atom stereocenters. The molecule has 1 N–H and O–H groups in total. The number of fused-ring (bicyclic) bond motifs is 1. The van der Waals surface area contributed by atoms with Crippen molar-refractivity contribution in [1.29, 1.82) is 0 Å². The Morgan fingerprint density at radius 3 is 2.34 bits per heavy atom. The maximum absolute atomic E-state index is 13.3. The predicted molar refractivity (Wildman–Crippen MR) is 120 cm³/mol. The molecule has 0 bridgehead atoms. The zero-order valence-electron chi connectivity index (χ0n) is 18.9. The lowest BCUT2D eigenvalue weighted by Crippen LogP contribution is -2.50. The summed E-state index contributed by atoms with van der Waals surface area (Å²) in [5, 5.41) is 2.91. The molecule has 6 nitrogen and oxygen atoms in total. The molecule has 0 saturated carbocycles. The first-order valence-electron chi connectivity index (χ1n) is 11.1. The molecule has 1 heterocycles. The summed E-state index contributed by atoms with van der Waals surface area (Å²) in [7, 11) is 0. The first kappa shape index (κ1) is 23.6. The third kappa shape index (κ3) is 6.22. The summed E-state index contributed by atoms with van der Waals surface area (Å²) in [5.74, 6) is 0.745. The summed E-state index contributed by atoms with van der Waals surface area (Å²) in [6, 6.07) is 11.1. The van der Waals surface area contributed by atoms with Gasteiger partial charge < -0.3 is 19.7 Å². The van der Waals surface area contributed by atoms with Crippen LogP contribution in [-0.4, -0.2) is 42.0 Å². The molecule has 2 aromatic rings. The highest BCUT2D eigenvalue weighted by molar-refractivity contribution is 5.87. The number of carbonyl (C=O) groups is 2. The second-order valence-electron chi connectivity index (χ2n) is 8.21. The minimum absolute atomic E-state index is 0.0305. The van der Waals surface area contributed by atoms with Crippen LogP contribution in [0, 0.1) is 5.82 Å². The average molecular weight is 443 g/mol. The van der Waals surface area contributed by atoms with Crippen LogP contribution < -0.4 is 14.8 Å². The number of halogens is 1. The molecule has 1 aliphatic rings. The Bertz CT molecular complexity index is 930. The summed E-state index contributed by atoms with van der Waals surface area (Å²) < 4.78 is 24.5. The molecule has 0 spiro atoms. The van der Waals surface area contributed by atoms with E-state index in [-0.39, 0.29) is 36.6 Å². The molecule has 2 amide bonds. The van der Waals surface area contributed by atoms with Crippen molar-refractivity contribution in [3.05, 3.63) is 59.4 Å². The third-order valence-corrected chi connectivity index (χ3v) is 5.32. The number of carbonyl (C=O) groups excluding carboxylic acids is 2. The van der Waals surface area contributed by atoms with Crippen LogP contribution >= 0.6 is 0 Å². The van der Waals surface area contributed by atoms with Crippen molar-refractivity contribution in [1.82, 2.24) is 10.2 Å². The van der Waals surface area contributed by atoms with Crippen LogP contribution in [0.25, 0.3) is 0 Å². The van der Waals surface area contributed by atoms with E-state index in [1.54, 1.807) is 17.0 Å². The maximum Gasteiger partial charge on any atom is 0.243 e. The fourth-order valence-corrected chi connectivity index (χ4v) is 3.72. The fraction of sp³-hybridized carbons (Fsp3) is 0.440. The molecule has 2 aromatic carbocycles. The summed E-state index contributed by atoms with van der Waals surface area (Å²) in [6.07, 6.45) is 1.24. The van der Waals surface area contributed by atoms with E-state index in [0.29, 0.717) is 37.6 Å². The molecule has 1 aliphatic heterocycles. The molecule has 7 heteroatoms. The van der Waals surface area contributed by atoms with E-state index in [9.17, 15) is 14.0 Å². The van der Waals surface area contributed by atoms with Gasteiger partial charge in [-0.1, -0.05) is 25.1 Å². The number of nitrogens with one attached hydrogen (secondary N) is 1. The number of benzene rings is 2. The summed E-state index contributed by atoms with van der Waals surface area (Å²) >= 11 is 0. The van der Waals surface area contributed by atoms with Crippen molar-refractivity contribution in [3.8, 4) is 11.5 Å². The lowest BCUT2D eigenvalue weighted by atomic mass is 10.1. The lowest BCUT2D eigenvalue weighted by Gasteiger charge is -2.31. The van der Waals surface area contributed by atoms with E-state index in [0.717, 1.165) is 11.1 Å². The third-order valence-electron chi connectivity index (χ3n) is 5.32. The highest BCUT2D eigenvalue weighted by Gasteiger charge is 2.28. The van der Waals surface area contributed by atoms with Crippen molar-refractivity contribution in [2.45, 2.75) is 58.7 Å². The molecule has 172 valence electrons. The number of aryl methyl sites for hydroxylation is 1. The molecular weight excluding hydrogens is 411 g/mol. The first-order chi connectivity index (χ1) is 15.4. The molecule has 0 radical (unpaired) electrons. The Morgan fingerprint density at radius 2 is 1.69 bits per heavy atom. The van der Waals surface area contributed by atoms with Gasteiger partial charge in [-0.15, -0.1) is 0 Å². The van der Waals surface area contributed by atoms with Gasteiger partial charge in [-0.25, -0.2) is 4.39 Å². The quantitative estimate of drug-likeness (QED) is 0.640. The number of hydrogen-bond donors (Lipinski definition) is 1. The van der Waals surface area contributed by atoms with Crippen molar-refractivity contribution >= 4 is 11.8 Å². The van der Waals surface area contributed by atoms with Gasteiger partial charge >= 0.3 is 0 Å². The zero-order valence-corrected chi connectivity index (χ0v) is 18.9. The standard InChI is InChI=1S/C25H31FN2O4/c1-4-21(25(30)27-17(2)3)28(16-19-5-9-20(26)10-6-19)24(29)12-8-18-7-11-22-23(15-18)32-14-13-31-22/h5-7,9-11,15,17,21H,4,8,12-14,16H2,1-3H3,(H,27,30)/t21-/m1/s1. The highest BCUT2D eigenvalue weighted by atomic mass is 19.1. The van der Waals surface area contributed by atoms with E-state index < -0.39 is 6.04 Å². The van der Waals surface area contributed by atoms with E-state index in [4.69, 9.17) is 9.47 Å². The second-order valence-corrected chi connectivity index (χ2v) is 8.21. The molecule has 0 fully saturated rings. The largest absolute Gasteiger partial charge is 0.486 e. The van der Waals surface area contributed by atoms with E-state index in [2.05, 4.69) is 5.32 Å².